The Morgan fingerprint density at radius 3 is 2.39 bits per heavy atom. The first-order valence-electron chi connectivity index (χ1n) is 7.63. The van der Waals surface area contributed by atoms with Crippen LogP contribution in [0.2, 0.25) is 0 Å². The van der Waals surface area contributed by atoms with Crippen molar-refractivity contribution in [3.63, 3.8) is 0 Å². The monoisotopic (exact) mass is 333 g/mol. The van der Waals surface area contributed by atoms with Crippen LogP contribution in [0.25, 0.3) is 0 Å². The third-order valence-electron chi connectivity index (χ3n) is 3.75. The molecular formula is C18H23NO3S. The van der Waals surface area contributed by atoms with E-state index in [1.54, 1.807) is 7.11 Å². The number of hydrogen-bond donors (Lipinski definition) is 1. The van der Waals surface area contributed by atoms with E-state index in [9.17, 15) is 8.42 Å². The Bertz CT molecular complexity index is 742. The lowest BCUT2D eigenvalue weighted by molar-refractivity contribution is 0.411. The van der Waals surface area contributed by atoms with Gasteiger partial charge in [-0.1, -0.05) is 49.4 Å². The van der Waals surface area contributed by atoms with Crippen molar-refractivity contribution in [2.45, 2.75) is 32.1 Å². The molecule has 4 nitrogen and oxygen atoms in total. The maximum atomic E-state index is 12.4. The van der Waals surface area contributed by atoms with Gasteiger partial charge in [-0.15, -0.1) is 0 Å². The van der Waals surface area contributed by atoms with Gasteiger partial charge in [0.05, 0.1) is 12.9 Å². The lowest BCUT2D eigenvalue weighted by Gasteiger charge is -2.19. The summed E-state index contributed by atoms with van der Waals surface area (Å²) in [4.78, 5) is 0. The number of sulfonamides is 1. The van der Waals surface area contributed by atoms with Gasteiger partial charge in [-0.3, -0.25) is 0 Å². The summed E-state index contributed by atoms with van der Waals surface area (Å²) in [6.45, 7) is 3.92. The molecule has 0 aliphatic rings. The predicted octanol–water partition coefficient (Wildman–Crippen LogP) is 3.57. The van der Waals surface area contributed by atoms with Gasteiger partial charge in [-0.2, -0.15) is 0 Å². The number of aryl methyl sites for hydroxylation is 1. The molecule has 0 aromatic heterocycles. The van der Waals surface area contributed by atoms with E-state index in [4.69, 9.17) is 4.74 Å². The van der Waals surface area contributed by atoms with E-state index >= 15 is 0 Å². The van der Waals surface area contributed by atoms with Crippen LogP contribution in [-0.2, 0) is 15.8 Å². The fourth-order valence-electron chi connectivity index (χ4n) is 2.56. The van der Waals surface area contributed by atoms with Crippen molar-refractivity contribution in [3.05, 3.63) is 65.2 Å². The van der Waals surface area contributed by atoms with Crippen LogP contribution in [0.5, 0.6) is 5.75 Å². The Hall–Kier alpha value is -1.85. The molecule has 0 saturated heterocycles. The Morgan fingerprint density at radius 1 is 1.13 bits per heavy atom. The largest absolute Gasteiger partial charge is 0.496 e. The Balaban J connectivity index is 2.16. The van der Waals surface area contributed by atoms with Gasteiger partial charge in [0, 0.05) is 6.04 Å². The van der Waals surface area contributed by atoms with Gasteiger partial charge >= 0.3 is 0 Å². The molecule has 0 amide bonds. The second-order valence-corrected chi connectivity index (χ2v) is 7.31. The van der Waals surface area contributed by atoms with Gasteiger partial charge in [0.1, 0.15) is 5.75 Å². The molecule has 0 spiro atoms. The smallest absolute Gasteiger partial charge is 0.216 e. The average Bonchev–Trinajstić information content (AvgIpc) is 2.53. The number of benzene rings is 2. The molecular weight excluding hydrogens is 310 g/mol. The number of rotatable bonds is 7. The number of ether oxygens (including phenoxy) is 1. The topological polar surface area (TPSA) is 55.4 Å². The third kappa shape index (κ3) is 4.81. The van der Waals surface area contributed by atoms with Crippen LogP contribution in [0.3, 0.4) is 0 Å². The highest BCUT2D eigenvalue weighted by atomic mass is 32.2. The number of methoxy groups -OCH3 is 1. The Kier molecular flexibility index (Phi) is 5.80. The van der Waals surface area contributed by atoms with Crippen LogP contribution in [0.15, 0.2) is 48.5 Å². The molecule has 23 heavy (non-hydrogen) atoms. The van der Waals surface area contributed by atoms with E-state index in [-0.39, 0.29) is 11.8 Å². The highest BCUT2D eigenvalue weighted by molar-refractivity contribution is 7.88. The second-order valence-electron chi connectivity index (χ2n) is 5.55. The molecule has 5 heteroatoms. The molecule has 1 atom stereocenters. The summed E-state index contributed by atoms with van der Waals surface area (Å²) in [6, 6.07) is 14.7. The first kappa shape index (κ1) is 17.5. The van der Waals surface area contributed by atoms with Crippen LogP contribution in [0.1, 0.15) is 36.1 Å². The van der Waals surface area contributed by atoms with E-state index in [1.165, 1.54) is 0 Å². The van der Waals surface area contributed by atoms with Crippen LogP contribution >= 0.6 is 0 Å². The molecule has 1 N–H and O–H groups in total. The van der Waals surface area contributed by atoms with Crippen molar-refractivity contribution >= 4 is 10.0 Å². The minimum absolute atomic E-state index is 0.0144. The lowest BCUT2D eigenvalue weighted by Crippen LogP contribution is -2.29. The van der Waals surface area contributed by atoms with Gasteiger partial charge in [0.25, 0.3) is 0 Å². The molecule has 2 aromatic carbocycles. The Labute approximate surface area is 138 Å². The average molecular weight is 333 g/mol. The maximum Gasteiger partial charge on any atom is 0.216 e. The summed E-state index contributed by atoms with van der Waals surface area (Å²) < 4.78 is 32.9. The van der Waals surface area contributed by atoms with E-state index < -0.39 is 10.0 Å². The zero-order valence-corrected chi connectivity index (χ0v) is 14.6. The fourth-order valence-corrected chi connectivity index (χ4v) is 4.01. The second kappa shape index (κ2) is 7.62. The zero-order chi connectivity index (χ0) is 16.9. The maximum absolute atomic E-state index is 12.4. The van der Waals surface area contributed by atoms with Crippen LogP contribution in [0, 0.1) is 6.92 Å². The van der Waals surface area contributed by atoms with E-state index in [2.05, 4.69) is 4.72 Å². The van der Waals surface area contributed by atoms with Crippen molar-refractivity contribution in [3.8, 4) is 5.75 Å². The van der Waals surface area contributed by atoms with E-state index in [0.29, 0.717) is 6.42 Å². The predicted molar refractivity (Wildman–Crippen MR) is 93.0 cm³/mol. The molecule has 2 aromatic rings. The fraction of sp³-hybridized carbons (Fsp3) is 0.333. The highest BCUT2D eigenvalue weighted by Crippen LogP contribution is 2.25. The van der Waals surface area contributed by atoms with Gasteiger partial charge < -0.3 is 4.74 Å². The van der Waals surface area contributed by atoms with Gasteiger partial charge in [-0.25, -0.2) is 13.1 Å². The normalized spacial score (nSPS) is 12.8. The minimum atomic E-state index is -3.40. The quantitative estimate of drug-likeness (QED) is 0.843. The van der Waals surface area contributed by atoms with Crippen molar-refractivity contribution in [2.75, 3.05) is 7.11 Å². The molecule has 0 radical (unpaired) electrons. The van der Waals surface area contributed by atoms with Gasteiger partial charge in [-0.05, 0) is 36.1 Å². The van der Waals surface area contributed by atoms with Crippen LogP contribution in [-0.4, -0.2) is 15.5 Å². The Morgan fingerprint density at radius 2 is 1.83 bits per heavy atom. The number of hydrogen-bond acceptors (Lipinski definition) is 3. The molecule has 2 rings (SSSR count). The molecule has 0 aliphatic carbocycles. The van der Waals surface area contributed by atoms with Crippen LogP contribution < -0.4 is 9.46 Å². The summed E-state index contributed by atoms with van der Waals surface area (Å²) in [5.74, 6) is 0.787. The van der Waals surface area contributed by atoms with Crippen molar-refractivity contribution < 1.29 is 13.2 Å². The van der Waals surface area contributed by atoms with Crippen molar-refractivity contribution in [1.29, 1.82) is 0 Å². The summed E-state index contributed by atoms with van der Waals surface area (Å²) in [6.07, 6.45) is 0.680. The van der Waals surface area contributed by atoms with Crippen molar-refractivity contribution in [2.24, 2.45) is 0 Å². The zero-order valence-electron chi connectivity index (χ0n) is 13.7. The SMILES string of the molecule is CCC(NS(=O)(=O)Cc1ccccc1)c1ccc(OC)c(C)c1. The molecule has 0 bridgehead atoms. The summed E-state index contributed by atoms with van der Waals surface area (Å²) in [5.41, 5.74) is 2.72. The highest BCUT2D eigenvalue weighted by Gasteiger charge is 2.19. The first-order valence-corrected chi connectivity index (χ1v) is 9.29. The standard InChI is InChI=1S/C18H23NO3S/c1-4-17(16-10-11-18(22-3)14(2)12-16)19-23(20,21)13-15-8-6-5-7-9-15/h5-12,17,19H,4,13H2,1-3H3. The molecule has 0 fully saturated rings. The van der Waals surface area contributed by atoms with Crippen LogP contribution in [0.4, 0.5) is 0 Å². The third-order valence-corrected chi connectivity index (χ3v) is 5.11. The lowest BCUT2D eigenvalue weighted by atomic mass is 10.0. The first-order chi connectivity index (χ1) is 10.9. The molecule has 1 unspecified atom stereocenters. The van der Waals surface area contributed by atoms with E-state index in [1.807, 2.05) is 62.4 Å². The summed E-state index contributed by atoms with van der Waals surface area (Å²) in [7, 11) is -1.78. The van der Waals surface area contributed by atoms with Gasteiger partial charge in [0.2, 0.25) is 10.0 Å². The van der Waals surface area contributed by atoms with E-state index in [0.717, 1.165) is 22.4 Å². The van der Waals surface area contributed by atoms with Gasteiger partial charge in [0.15, 0.2) is 0 Å². The molecule has 0 saturated carbocycles. The minimum Gasteiger partial charge on any atom is -0.496 e. The molecule has 124 valence electrons. The number of nitrogens with one attached hydrogen (secondary N) is 1. The summed E-state index contributed by atoms with van der Waals surface area (Å²) >= 11 is 0. The molecule has 0 aliphatic heterocycles. The summed E-state index contributed by atoms with van der Waals surface area (Å²) in [5, 5.41) is 0. The van der Waals surface area contributed by atoms with Crippen molar-refractivity contribution in [1.82, 2.24) is 4.72 Å². The molecule has 0 heterocycles.